The lowest BCUT2D eigenvalue weighted by Gasteiger charge is -2.17. The van der Waals surface area contributed by atoms with E-state index in [1.54, 1.807) is 30.8 Å². The lowest BCUT2D eigenvalue weighted by atomic mass is 10.1. The molecule has 0 unspecified atom stereocenters. The van der Waals surface area contributed by atoms with Gasteiger partial charge < -0.3 is 10.4 Å². The molecule has 2 N–H and O–H groups in total. The summed E-state index contributed by atoms with van der Waals surface area (Å²) >= 11 is 1.57. The highest BCUT2D eigenvalue weighted by molar-refractivity contribution is 8.01. The Bertz CT molecular complexity index is 492. The van der Waals surface area contributed by atoms with Gasteiger partial charge in [-0.15, -0.1) is 11.8 Å². The molecule has 4 nitrogen and oxygen atoms in total. The van der Waals surface area contributed by atoms with Crippen molar-refractivity contribution in [1.29, 1.82) is 0 Å². The third kappa shape index (κ3) is 5.34. The van der Waals surface area contributed by atoms with Gasteiger partial charge in [0.15, 0.2) is 0 Å². The van der Waals surface area contributed by atoms with Crippen molar-refractivity contribution in [2.45, 2.75) is 32.4 Å². The van der Waals surface area contributed by atoms with Crippen LogP contribution in [0.1, 0.15) is 36.7 Å². The largest absolute Gasteiger partial charge is 0.478 e. The van der Waals surface area contributed by atoms with E-state index in [-0.39, 0.29) is 16.2 Å². The number of carbonyl (C=O) groups excluding carboxylic acids is 1. The topological polar surface area (TPSA) is 66.4 Å². The Morgan fingerprint density at radius 1 is 1.32 bits per heavy atom. The van der Waals surface area contributed by atoms with Gasteiger partial charge in [-0.1, -0.05) is 20.8 Å². The summed E-state index contributed by atoms with van der Waals surface area (Å²) in [7, 11) is 0. The molecule has 1 aromatic carbocycles. The van der Waals surface area contributed by atoms with E-state index in [0.29, 0.717) is 17.0 Å². The van der Waals surface area contributed by atoms with E-state index < -0.39 is 5.97 Å². The predicted octanol–water partition coefficient (Wildman–Crippen LogP) is 3.16. The molecule has 0 bridgehead atoms. The van der Waals surface area contributed by atoms with E-state index in [9.17, 15) is 9.59 Å². The molecule has 0 heterocycles. The number of aromatic carboxylic acids is 1. The van der Waals surface area contributed by atoms with Crippen molar-refractivity contribution in [2.24, 2.45) is 0 Å². The third-order valence-electron chi connectivity index (χ3n) is 2.38. The van der Waals surface area contributed by atoms with E-state index in [1.165, 1.54) is 6.07 Å². The van der Waals surface area contributed by atoms with Crippen LogP contribution in [0.2, 0.25) is 0 Å². The fourth-order valence-corrected chi connectivity index (χ4v) is 2.10. The molecule has 0 saturated heterocycles. The van der Waals surface area contributed by atoms with Crippen LogP contribution in [0.15, 0.2) is 18.2 Å². The molecular weight excluding hydrogens is 262 g/mol. The maximum Gasteiger partial charge on any atom is 0.335 e. The van der Waals surface area contributed by atoms with Crippen molar-refractivity contribution < 1.29 is 14.7 Å². The molecule has 0 spiro atoms. The fourth-order valence-electron chi connectivity index (χ4n) is 1.46. The fraction of sp³-hybridized carbons (Fsp3) is 0.429. The molecule has 19 heavy (non-hydrogen) atoms. The Kier molecular flexibility index (Phi) is 5.00. The second-order valence-electron chi connectivity index (χ2n) is 5.28. The Morgan fingerprint density at radius 2 is 1.95 bits per heavy atom. The molecule has 0 aliphatic rings. The molecular formula is C14H19NO3S. The number of benzene rings is 1. The number of aryl methyl sites for hydroxylation is 1. The van der Waals surface area contributed by atoms with Gasteiger partial charge in [-0.2, -0.15) is 0 Å². The summed E-state index contributed by atoms with van der Waals surface area (Å²) < 4.78 is 0.0421. The molecule has 0 atom stereocenters. The molecule has 5 heteroatoms. The first kappa shape index (κ1) is 15.6. The molecule has 0 aromatic heterocycles. The van der Waals surface area contributed by atoms with Crippen molar-refractivity contribution in [1.82, 2.24) is 0 Å². The number of hydrogen-bond donors (Lipinski definition) is 2. The number of anilines is 1. The van der Waals surface area contributed by atoms with Gasteiger partial charge in [-0.3, -0.25) is 4.79 Å². The monoisotopic (exact) mass is 281 g/mol. The summed E-state index contributed by atoms with van der Waals surface area (Å²) in [5.74, 6) is -0.662. The highest BCUT2D eigenvalue weighted by Gasteiger charge is 2.14. The van der Waals surface area contributed by atoms with Gasteiger partial charge in [0, 0.05) is 10.4 Å². The van der Waals surface area contributed by atoms with Crippen molar-refractivity contribution in [2.75, 3.05) is 11.1 Å². The van der Waals surface area contributed by atoms with Crippen molar-refractivity contribution >= 4 is 29.3 Å². The zero-order chi connectivity index (χ0) is 14.6. The van der Waals surface area contributed by atoms with Gasteiger partial charge in [0.05, 0.1) is 11.3 Å². The Balaban J connectivity index is 2.65. The second-order valence-corrected chi connectivity index (χ2v) is 7.09. The Morgan fingerprint density at radius 3 is 2.42 bits per heavy atom. The summed E-state index contributed by atoms with van der Waals surface area (Å²) in [4.78, 5) is 22.6. The number of nitrogens with one attached hydrogen (secondary N) is 1. The quantitative estimate of drug-likeness (QED) is 0.889. The van der Waals surface area contributed by atoms with Crippen LogP contribution in [0.4, 0.5) is 5.69 Å². The standard InChI is InChI=1S/C14H19NO3S/c1-9-7-10(5-6-11(9)13(17)18)15-12(16)8-19-14(2,3)4/h5-7H,8H2,1-4H3,(H,15,16)(H,17,18). The summed E-state index contributed by atoms with van der Waals surface area (Å²) in [6, 6.07) is 4.78. The van der Waals surface area contributed by atoms with Crippen LogP contribution in [-0.2, 0) is 4.79 Å². The minimum atomic E-state index is -0.960. The Hall–Kier alpha value is -1.49. The first-order valence-electron chi connectivity index (χ1n) is 5.97. The SMILES string of the molecule is Cc1cc(NC(=O)CSC(C)(C)C)ccc1C(=O)O. The number of hydrogen-bond acceptors (Lipinski definition) is 3. The molecule has 0 radical (unpaired) electrons. The molecule has 0 saturated carbocycles. The first-order chi connectivity index (χ1) is 8.69. The van der Waals surface area contributed by atoms with Gasteiger partial charge in [-0.05, 0) is 30.7 Å². The second kappa shape index (κ2) is 6.10. The summed E-state index contributed by atoms with van der Waals surface area (Å²) in [5.41, 5.74) is 1.51. The molecule has 1 aromatic rings. The van der Waals surface area contributed by atoms with Crippen LogP contribution < -0.4 is 5.32 Å². The zero-order valence-corrected chi connectivity index (χ0v) is 12.4. The van der Waals surface area contributed by atoms with E-state index in [2.05, 4.69) is 26.1 Å². The van der Waals surface area contributed by atoms with Crippen molar-refractivity contribution in [3.63, 3.8) is 0 Å². The number of carbonyl (C=O) groups is 2. The molecule has 0 fully saturated rings. The first-order valence-corrected chi connectivity index (χ1v) is 6.95. The number of amides is 1. The van der Waals surface area contributed by atoms with E-state index >= 15 is 0 Å². The minimum absolute atomic E-state index is 0.0421. The van der Waals surface area contributed by atoms with Gasteiger partial charge in [-0.25, -0.2) is 4.79 Å². The molecule has 1 rings (SSSR count). The molecule has 0 aliphatic carbocycles. The average molecular weight is 281 g/mol. The lowest BCUT2D eigenvalue weighted by molar-refractivity contribution is -0.113. The molecule has 0 aliphatic heterocycles. The predicted molar refractivity (Wildman–Crippen MR) is 79.0 cm³/mol. The van der Waals surface area contributed by atoms with Crippen LogP contribution in [0.5, 0.6) is 0 Å². The van der Waals surface area contributed by atoms with Gasteiger partial charge >= 0.3 is 5.97 Å². The van der Waals surface area contributed by atoms with Gasteiger partial charge in [0.1, 0.15) is 0 Å². The van der Waals surface area contributed by atoms with Crippen LogP contribution in [-0.4, -0.2) is 27.5 Å². The summed E-state index contributed by atoms with van der Waals surface area (Å²) in [6.07, 6.45) is 0. The smallest absolute Gasteiger partial charge is 0.335 e. The zero-order valence-electron chi connectivity index (χ0n) is 11.6. The van der Waals surface area contributed by atoms with E-state index in [1.807, 2.05) is 0 Å². The number of carboxylic acids is 1. The van der Waals surface area contributed by atoms with Crippen LogP contribution >= 0.6 is 11.8 Å². The average Bonchev–Trinajstić information content (AvgIpc) is 2.25. The van der Waals surface area contributed by atoms with E-state index in [4.69, 9.17) is 5.11 Å². The van der Waals surface area contributed by atoms with Gasteiger partial charge in [0.25, 0.3) is 0 Å². The van der Waals surface area contributed by atoms with E-state index in [0.717, 1.165) is 0 Å². The van der Waals surface area contributed by atoms with Crippen LogP contribution in [0.25, 0.3) is 0 Å². The van der Waals surface area contributed by atoms with Crippen LogP contribution in [0, 0.1) is 6.92 Å². The number of rotatable bonds is 4. The van der Waals surface area contributed by atoms with Crippen molar-refractivity contribution in [3.05, 3.63) is 29.3 Å². The van der Waals surface area contributed by atoms with Crippen LogP contribution in [0.3, 0.4) is 0 Å². The summed E-state index contributed by atoms with van der Waals surface area (Å²) in [5, 5.41) is 11.7. The highest BCUT2D eigenvalue weighted by Crippen LogP contribution is 2.23. The maximum atomic E-state index is 11.7. The summed E-state index contributed by atoms with van der Waals surface area (Å²) in [6.45, 7) is 7.87. The Labute approximate surface area is 117 Å². The normalized spacial score (nSPS) is 11.2. The number of thioether (sulfide) groups is 1. The minimum Gasteiger partial charge on any atom is -0.478 e. The van der Waals surface area contributed by atoms with Crippen molar-refractivity contribution in [3.8, 4) is 0 Å². The molecule has 1 amide bonds. The lowest BCUT2D eigenvalue weighted by Crippen LogP contribution is -2.19. The third-order valence-corrected chi connectivity index (χ3v) is 3.65. The highest BCUT2D eigenvalue weighted by atomic mass is 32.2. The number of carboxylic acid groups (broad SMARTS) is 1. The maximum absolute atomic E-state index is 11.7. The van der Waals surface area contributed by atoms with Gasteiger partial charge in [0.2, 0.25) is 5.91 Å². The molecule has 104 valence electrons.